The van der Waals surface area contributed by atoms with E-state index in [-0.39, 0.29) is 11.8 Å². The van der Waals surface area contributed by atoms with Crippen LogP contribution in [0.1, 0.15) is 25.0 Å². The first-order valence-electron chi connectivity index (χ1n) is 7.09. The van der Waals surface area contributed by atoms with Crippen molar-refractivity contribution in [2.24, 2.45) is 11.8 Å². The lowest BCUT2D eigenvalue weighted by atomic mass is 9.82. The van der Waals surface area contributed by atoms with E-state index in [1.807, 2.05) is 19.1 Å². The molecular formula is C18H22O2. The average molecular weight is 270 g/mol. The molecule has 0 aromatic heterocycles. The fraction of sp³-hybridized carbons (Fsp3) is 0.389. The highest BCUT2D eigenvalue weighted by atomic mass is 16.5. The number of aldehydes is 1. The predicted molar refractivity (Wildman–Crippen MR) is 81.4 cm³/mol. The van der Waals surface area contributed by atoms with Gasteiger partial charge in [0, 0.05) is 5.92 Å². The Morgan fingerprint density at radius 2 is 1.95 bits per heavy atom. The number of rotatable bonds is 5. The van der Waals surface area contributed by atoms with Crippen molar-refractivity contribution < 1.29 is 9.53 Å². The van der Waals surface area contributed by atoms with Crippen LogP contribution in [0.4, 0.5) is 0 Å². The van der Waals surface area contributed by atoms with Gasteiger partial charge in [-0.15, -0.1) is 0 Å². The van der Waals surface area contributed by atoms with E-state index in [9.17, 15) is 4.79 Å². The molecule has 0 bridgehead atoms. The molecule has 1 aliphatic carbocycles. The lowest BCUT2D eigenvalue weighted by molar-refractivity contribution is -0.111. The third kappa shape index (κ3) is 3.26. The molecule has 20 heavy (non-hydrogen) atoms. The van der Waals surface area contributed by atoms with E-state index in [1.165, 1.54) is 11.1 Å². The summed E-state index contributed by atoms with van der Waals surface area (Å²) in [7, 11) is 0. The number of hydrogen-bond acceptors (Lipinski definition) is 2. The predicted octanol–water partition coefficient (Wildman–Crippen LogP) is 3.85. The zero-order valence-electron chi connectivity index (χ0n) is 12.4. The molecule has 1 aliphatic rings. The van der Waals surface area contributed by atoms with Crippen LogP contribution >= 0.6 is 0 Å². The van der Waals surface area contributed by atoms with Crippen LogP contribution in [0.5, 0.6) is 0 Å². The summed E-state index contributed by atoms with van der Waals surface area (Å²) in [6, 6.07) is 8.22. The maximum Gasteiger partial charge on any atom is 0.127 e. The van der Waals surface area contributed by atoms with Crippen LogP contribution in [0, 0.1) is 18.8 Å². The van der Waals surface area contributed by atoms with Gasteiger partial charge in [0.25, 0.3) is 0 Å². The van der Waals surface area contributed by atoms with Crippen molar-refractivity contribution in [3.8, 4) is 0 Å². The number of hydrogen-bond donors (Lipinski definition) is 0. The second-order valence-corrected chi connectivity index (χ2v) is 5.51. The number of ether oxygens (including phenoxy) is 1. The van der Waals surface area contributed by atoms with Gasteiger partial charge >= 0.3 is 0 Å². The molecule has 0 aliphatic heterocycles. The minimum Gasteiger partial charge on any atom is -0.372 e. The lowest BCUT2D eigenvalue weighted by Gasteiger charge is -2.25. The van der Waals surface area contributed by atoms with Gasteiger partial charge in [-0.2, -0.15) is 0 Å². The largest absolute Gasteiger partial charge is 0.372 e. The van der Waals surface area contributed by atoms with Gasteiger partial charge in [0.2, 0.25) is 0 Å². The molecule has 1 aromatic carbocycles. The first kappa shape index (κ1) is 14.7. The zero-order valence-corrected chi connectivity index (χ0v) is 12.4. The van der Waals surface area contributed by atoms with Gasteiger partial charge in [-0.3, -0.25) is 0 Å². The molecule has 0 fully saturated rings. The minimum absolute atomic E-state index is 0.0446. The van der Waals surface area contributed by atoms with Crippen LogP contribution in [-0.4, -0.2) is 12.9 Å². The van der Waals surface area contributed by atoms with E-state index in [2.05, 4.69) is 38.1 Å². The molecular weight excluding hydrogens is 248 g/mol. The maximum atomic E-state index is 11.3. The van der Waals surface area contributed by atoms with Crippen molar-refractivity contribution in [2.45, 2.75) is 27.4 Å². The van der Waals surface area contributed by atoms with Crippen molar-refractivity contribution in [1.82, 2.24) is 0 Å². The van der Waals surface area contributed by atoms with E-state index in [1.54, 1.807) is 0 Å². The fourth-order valence-electron chi connectivity index (χ4n) is 2.56. The summed E-state index contributed by atoms with van der Waals surface area (Å²) in [6.45, 7) is 7.32. The Kier molecular flexibility index (Phi) is 4.91. The van der Waals surface area contributed by atoms with Crippen LogP contribution in [0.3, 0.4) is 0 Å². The molecule has 0 saturated heterocycles. The van der Waals surface area contributed by atoms with Gasteiger partial charge in [-0.05, 0) is 42.0 Å². The fourth-order valence-corrected chi connectivity index (χ4v) is 2.56. The number of carbonyl (C=O) groups excluding carboxylic acids is 1. The Bertz CT molecular complexity index is 540. The zero-order chi connectivity index (χ0) is 14.5. The molecule has 2 rings (SSSR count). The van der Waals surface area contributed by atoms with Crippen molar-refractivity contribution >= 4 is 6.29 Å². The van der Waals surface area contributed by atoms with Crippen LogP contribution < -0.4 is 0 Å². The summed E-state index contributed by atoms with van der Waals surface area (Å²) >= 11 is 0. The summed E-state index contributed by atoms with van der Waals surface area (Å²) < 4.78 is 5.84. The number of carbonyl (C=O) groups is 1. The molecule has 2 nitrogen and oxygen atoms in total. The summed E-state index contributed by atoms with van der Waals surface area (Å²) in [5.74, 6) is 0.213. The highest BCUT2D eigenvalue weighted by molar-refractivity contribution is 5.62. The highest BCUT2D eigenvalue weighted by Gasteiger charge is 2.23. The molecule has 106 valence electrons. The van der Waals surface area contributed by atoms with Crippen LogP contribution in [-0.2, 0) is 16.1 Å². The minimum atomic E-state index is -0.0446. The molecule has 2 atom stereocenters. The summed E-state index contributed by atoms with van der Waals surface area (Å²) in [5.41, 5.74) is 4.71. The van der Waals surface area contributed by atoms with Crippen molar-refractivity contribution in [3.63, 3.8) is 0 Å². The topological polar surface area (TPSA) is 26.3 Å². The molecule has 0 N–H and O–H groups in total. The Hall–Kier alpha value is -1.67. The normalized spacial score (nSPS) is 22.1. The van der Waals surface area contributed by atoms with Crippen molar-refractivity contribution in [3.05, 3.63) is 58.7 Å². The van der Waals surface area contributed by atoms with Crippen LogP contribution in [0.25, 0.3) is 0 Å². The van der Waals surface area contributed by atoms with Gasteiger partial charge in [0.1, 0.15) is 6.29 Å². The maximum absolute atomic E-state index is 11.3. The van der Waals surface area contributed by atoms with Gasteiger partial charge in [0.05, 0.1) is 13.2 Å². The molecule has 2 heteroatoms. The summed E-state index contributed by atoms with van der Waals surface area (Å²) in [6.07, 6.45) is 5.24. The first-order chi connectivity index (χ1) is 9.63. The monoisotopic (exact) mass is 270 g/mol. The highest BCUT2D eigenvalue weighted by Crippen LogP contribution is 2.28. The molecule has 0 amide bonds. The second-order valence-electron chi connectivity index (χ2n) is 5.51. The van der Waals surface area contributed by atoms with Gasteiger partial charge in [-0.25, -0.2) is 0 Å². The Labute approximate surface area is 121 Å². The third-order valence-corrected chi connectivity index (χ3v) is 4.05. The Morgan fingerprint density at radius 1 is 1.20 bits per heavy atom. The quantitative estimate of drug-likeness (QED) is 0.760. The summed E-state index contributed by atoms with van der Waals surface area (Å²) in [5, 5.41) is 0. The van der Waals surface area contributed by atoms with Gasteiger partial charge < -0.3 is 9.53 Å². The molecule has 0 spiro atoms. The van der Waals surface area contributed by atoms with E-state index in [0.29, 0.717) is 13.2 Å². The van der Waals surface area contributed by atoms with Gasteiger partial charge in [-0.1, -0.05) is 43.3 Å². The number of aryl methyl sites for hydroxylation is 1. The molecule has 0 heterocycles. The standard InChI is InChI=1S/C18H22O2/c1-13-6-4-5-7-16(13)11-20-12-18-15(3)9-8-14(2)17(18)10-19/h4-10,14,17H,11-12H2,1-3H3/t14?,17-/m0/s1. The van der Waals surface area contributed by atoms with Gasteiger partial charge in [0.15, 0.2) is 0 Å². The molecule has 0 saturated carbocycles. The van der Waals surface area contributed by atoms with E-state index >= 15 is 0 Å². The number of benzene rings is 1. The molecule has 1 aromatic rings. The molecule has 0 radical (unpaired) electrons. The van der Waals surface area contributed by atoms with Crippen molar-refractivity contribution in [2.75, 3.05) is 6.61 Å². The Morgan fingerprint density at radius 3 is 2.65 bits per heavy atom. The third-order valence-electron chi connectivity index (χ3n) is 4.05. The average Bonchev–Trinajstić information content (AvgIpc) is 2.44. The van der Waals surface area contributed by atoms with Crippen LogP contribution in [0.2, 0.25) is 0 Å². The van der Waals surface area contributed by atoms with Crippen molar-refractivity contribution in [1.29, 1.82) is 0 Å². The Balaban J connectivity index is 2.01. The van der Waals surface area contributed by atoms with E-state index < -0.39 is 0 Å². The lowest BCUT2D eigenvalue weighted by Crippen LogP contribution is -2.21. The smallest absolute Gasteiger partial charge is 0.127 e. The SMILES string of the molecule is CC1=C(COCc2ccccc2C)[C@@H](C=O)C(C)C=C1. The molecule has 1 unspecified atom stereocenters. The van der Waals surface area contributed by atoms with E-state index in [0.717, 1.165) is 17.4 Å². The second kappa shape index (κ2) is 6.67. The van der Waals surface area contributed by atoms with Crippen LogP contribution in [0.15, 0.2) is 47.6 Å². The number of allylic oxidation sites excluding steroid dienone is 3. The first-order valence-corrected chi connectivity index (χ1v) is 7.09. The summed E-state index contributed by atoms with van der Waals surface area (Å²) in [4.78, 5) is 11.3. The van der Waals surface area contributed by atoms with E-state index in [4.69, 9.17) is 4.74 Å².